The van der Waals surface area contributed by atoms with Crippen LogP contribution >= 0.6 is 0 Å². The molecule has 1 aromatic carbocycles. The zero-order chi connectivity index (χ0) is 17.5. The lowest BCUT2D eigenvalue weighted by Gasteiger charge is -2.15. The van der Waals surface area contributed by atoms with Crippen LogP contribution in [-0.4, -0.2) is 25.0 Å². The number of nitrogens with two attached hydrogens (primary N) is 1. The van der Waals surface area contributed by atoms with E-state index >= 15 is 0 Å². The minimum atomic E-state index is -0.487. The predicted octanol–water partition coefficient (Wildman–Crippen LogP) is 2.06. The van der Waals surface area contributed by atoms with Crippen molar-refractivity contribution in [2.24, 2.45) is 11.7 Å². The molecule has 0 radical (unpaired) electrons. The van der Waals surface area contributed by atoms with E-state index in [4.69, 9.17) is 14.9 Å². The molecular formula is C18H22N2O4. The topological polar surface area (TPSA) is 94.6 Å². The Balaban J connectivity index is 1.95. The molecular weight excluding hydrogens is 308 g/mol. The Kier molecular flexibility index (Phi) is 6.01. The molecule has 6 nitrogen and oxygen atoms in total. The summed E-state index contributed by atoms with van der Waals surface area (Å²) >= 11 is 0. The Bertz CT molecular complexity index is 691. The summed E-state index contributed by atoms with van der Waals surface area (Å²) in [4.78, 5) is 23.7. The Labute approximate surface area is 141 Å². The Morgan fingerprint density at radius 1 is 1.25 bits per heavy atom. The van der Waals surface area contributed by atoms with Crippen molar-refractivity contribution in [3.8, 4) is 5.75 Å². The maximum Gasteiger partial charge on any atom is 0.254 e. The van der Waals surface area contributed by atoms with Gasteiger partial charge in [0.25, 0.3) is 5.91 Å². The highest BCUT2D eigenvalue weighted by Gasteiger charge is 2.19. The third-order valence-electron chi connectivity index (χ3n) is 3.73. The maximum absolute atomic E-state index is 12.1. The zero-order valence-corrected chi connectivity index (χ0v) is 13.9. The van der Waals surface area contributed by atoms with Gasteiger partial charge in [0.05, 0.1) is 24.4 Å². The van der Waals surface area contributed by atoms with E-state index < -0.39 is 11.8 Å². The number of aryl methyl sites for hydroxylation is 1. The first-order chi connectivity index (χ1) is 11.5. The first-order valence-corrected chi connectivity index (χ1v) is 7.84. The molecule has 2 rings (SSSR count). The number of benzene rings is 1. The zero-order valence-electron chi connectivity index (χ0n) is 13.9. The van der Waals surface area contributed by atoms with Crippen molar-refractivity contribution in [3.05, 3.63) is 53.5 Å². The molecule has 0 spiro atoms. The largest absolute Gasteiger partial charge is 0.494 e. The molecule has 0 bridgehead atoms. The van der Waals surface area contributed by atoms with E-state index in [0.29, 0.717) is 24.4 Å². The highest BCUT2D eigenvalue weighted by Crippen LogP contribution is 2.15. The summed E-state index contributed by atoms with van der Waals surface area (Å²) in [5.41, 5.74) is 6.88. The number of hydrogen-bond acceptors (Lipinski definition) is 4. The summed E-state index contributed by atoms with van der Waals surface area (Å²) in [5.74, 6) is 0.0987. The average Bonchev–Trinajstić information content (AvgIpc) is 2.99. The van der Waals surface area contributed by atoms with Crippen LogP contribution in [0.3, 0.4) is 0 Å². The van der Waals surface area contributed by atoms with Crippen LogP contribution in [0.25, 0.3) is 0 Å². The number of primary amides is 1. The molecule has 24 heavy (non-hydrogen) atoms. The molecule has 0 aliphatic heterocycles. The Hall–Kier alpha value is -2.76. The van der Waals surface area contributed by atoms with Gasteiger partial charge in [-0.2, -0.15) is 0 Å². The molecule has 1 unspecified atom stereocenters. The number of rotatable bonds is 8. The molecule has 0 aliphatic rings. The van der Waals surface area contributed by atoms with Crippen LogP contribution < -0.4 is 15.8 Å². The van der Waals surface area contributed by atoms with Crippen LogP contribution in [0.2, 0.25) is 0 Å². The normalized spacial score (nSPS) is 11.8. The standard InChI is InChI=1S/C18H22N2O4/c1-3-23-15-6-4-13(5-7-15)10-14(17(19)21)11-20-18(22)16-8-9-24-12(16)2/h4-9,14H,3,10-11H2,1-2H3,(H2,19,21)(H,20,22). The fraction of sp³-hybridized carbons (Fsp3) is 0.333. The summed E-state index contributed by atoms with van der Waals surface area (Å²) in [6.45, 7) is 4.40. The van der Waals surface area contributed by atoms with Crippen LogP contribution in [0.4, 0.5) is 0 Å². The first-order valence-electron chi connectivity index (χ1n) is 7.84. The van der Waals surface area contributed by atoms with Gasteiger partial charge in [0.15, 0.2) is 0 Å². The second kappa shape index (κ2) is 8.19. The minimum absolute atomic E-state index is 0.173. The van der Waals surface area contributed by atoms with Crippen molar-refractivity contribution < 1.29 is 18.7 Å². The third-order valence-corrected chi connectivity index (χ3v) is 3.73. The van der Waals surface area contributed by atoms with E-state index in [9.17, 15) is 9.59 Å². The van der Waals surface area contributed by atoms with Crippen LogP contribution in [0.5, 0.6) is 5.75 Å². The van der Waals surface area contributed by atoms with Gasteiger partial charge in [0.2, 0.25) is 5.91 Å². The van der Waals surface area contributed by atoms with Crippen molar-refractivity contribution >= 4 is 11.8 Å². The van der Waals surface area contributed by atoms with E-state index in [1.165, 1.54) is 6.26 Å². The van der Waals surface area contributed by atoms with Gasteiger partial charge >= 0.3 is 0 Å². The van der Waals surface area contributed by atoms with Crippen LogP contribution in [0, 0.1) is 12.8 Å². The molecule has 1 atom stereocenters. The number of hydrogen-bond donors (Lipinski definition) is 2. The van der Waals surface area contributed by atoms with Crippen molar-refractivity contribution in [2.75, 3.05) is 13.2 Å². The van der Waals surface area contributed by atoms with E-state index in [-0.39, 0.29) is 12.5 Å². The summed E-state index contributed by atoms with van der Waals surface area (Å²) in [5, 5.41) is 2.73. The lowest BCUT2D eigenvalue weighted by Crippen LogP contribution is -2.37. The van der Waals surface area contributed by atoms with E-state index in [1.807, 2.05) is 31.2 Å². The lowest BCUT2D eigenvalue weighted by molar-refractivity contribution is -0.121. The summed E-state index contributed by atoms with van der Waals surface area (Å²) in [7, 11) is 0. The van der Waals surface area contributed by atoms with Crippen molar-refractivity contribution in [3.63, 3.8) is 0 Å². The quantitative estimate of drug-likeness (QED) is 0.774. The maximum atomic E-state index is 12.1. The molecule has 3 N–H and O–H groups in total. The van der Waals surface area contributed by atoms with Gasteiger partial charge in [-0.05, 0) is 44.0 Å². The van der Waals surface area contributed by atoms with Crippen molar-refractivity contribution in [1.29, 1.82) is 0 Å². The van der Waals surface area contributed by atoms with Gasteiger partial charge in [0, 0.05) is 6.54 Å². The highest BCUT2D eigenvalue weighted by molar-refractivity contribution is 5.95. The van der Waals surface area contributed by atoms with Gasteiger partial charge in [-0.25, -0.2) is 0 Å². The third kappa shape index (κ3) is 4.62. The SMILES string of the molecule is CCOc1ccc(CC(CNC(=O)c2ccoc2C)C(N)=O)cc1. The average molecular weight is 330 g/mol. The van der Waals surface area contributed by atoms with Crippen LogP contribution in [0.15, 0.2) is 41.0 Å². The molecule has 1 aromatic heterocycles. The number of ether oxygens (including phenoxy) is 1. The molecule has 1 heterocycles. The van der Waals surface area contributed by atoms with Crippen LogP contribution in [-0.2, 0) is 11.2 Å². The van der Waals surface area contributed by atoms with Gasteiger partial charge < -0.3 is 20.2 Å². The van der Waals surface area contributed by atoms with Crippen molar-refractivity contribution in [1.82, 2.24) is 5.32 Å². The highest BCUT2D eigenvalue weighted by atomic mass is 16.5. The van der Waals surface area contributed by atoms with Crippen molar-refractivity contribution in [2.45, 2.75) is 20.3 Å². The van der Waals surface area contributed by atoms with E-state index in [0.717, 1.165) is 11.3 Å². The predicted molar refractivity (Wildman–Crippen MR) is 89.8 cm³/mol. The molecule has 0 aliphatic carbocycles. The fourth-order valence-electron chi connectivity index (χ4n) is 2.38. The molecule has 6 heteroatoms. The van der Waals surface area contributed by atoms with Gasteiger partial charge in [-0.1, -0.05) is 12.1 Å². The fourth-order valence-corrected chi connectivity index (χ4v) is 2.38. The number of furan rings is 1. The lowest BCUT2D eigenvalue weighted by atomic mass is 9.98. The van der Waals surface area contributed by atoms with Gasteiger partial charge in [-0.15, -0.1) is 0 Å². The number of nitrogens with one attached hydrogen (secondary N) is 1. The monoisotopic (exact) mass is 330 g/mol. The number of amides is 2. The summed E-state index contributed by atoms with van der Waals surface area (Å²) < 4.78 is 10.5. The summed E-state index contributed by atoms with van der Waals surface area (Å²) in [6, 6.07) is 9.08. The van der Waals surface area contributed by atoms with E-state index in [2.05, 4.69) is 5.32 Å². The number of carbonyl (C=O) groups excluding carboxylic acids is 2. The second-order valence-electron chi connectivity index (χ2n) is 5.48. The number of carbonyl (C=O) groups is 2. The molecule has 2 aromatic rings. The molecule has 2 amide bonds. The molecule has 0 saturated carbocycles. The Morgan fingerprint density at radius 3 is 2.50 bits per heavy atom. The van der Waals surface area contributed by atoms with Crippen LogP contribution in [0.1, 0.15) is 28.6 Å². The van der Waals surface area contributed by atoms with Gasteiger partial charge in [0.1, 0.15) is 11.5 Å². The first kappa shape index (κ1) is 17.6. The second-order valence-corrected chi connectivity index (χ2v) is 5.48. The molecule has 0 saturated heterocycles. The molecule has 0 fully saturated rings. The minimum Gasteiger partial charge on any atom is -0.494 e. The molecule has 128 valence electrons. The smallest absolute Gasteiger partial charge is 0.254 e. The Morgan fingerprint density at radius 2 is 1.96 bits per heavy atom. The van der Waals surface area contributed by atoms with Gasteiger partial charge in [-0.3, -0.25) is 9.59 Å². The summed E-state index contributed by atoms with van der Waals surface area (Å²) in [6.07, 6.45) is 1.90. The van der Waals surface area contributed by atoms with E-state index in [1.54, 1.807) is 13.0 Å².